The third-order valence-corrected chi connectivity index (χ3v) is 2.31. The lowest BCUT2D eigenvalue weighted by atomic mass is 9.84. The fourth-order valence-corrected chi connectivity index (χ4v) is 1.21. The highest BCUT2D eigenvalue weighted by Crippen LogP contribution is 2.31. The molecule has 1 fully saturated rings. The summed E-state index contributed by atoms with van der Waals surface area (Å²) in [6, 6.07) is 0. The maximum Gasteiger partial charge on any atom is 0.333 e. The maximum absolute atomic E-state index is 11.0. The highest BCUT2D eigenvalue weighted by molar-refractivity contribution is 5.87. The van der Waals surface area contributed by atoms with Crippen molar-refractivity contribution in [2.24, 2.45) is 5.41 Å². The molecule has 0 spiro atoms. The Morgan fingerprint density at radius 2 is 2.23 bits per heavy atom. The summed E-state index contributed by atoms with van der Waals surface area (Å²) in [5.74, 6) is -0.246. The second kappa shape index (κ2) is 3.92. The van der Waals surface area contributed by atoms with Gasteiger partial charge in [-0.05, 0) is 13.3 Å². The number of carbonyl (C=O) groups is 1. The van der Waals surface area contributed by atoms with E-state index in [0.717, 1.165) is 19.6 Å². The van der Waals surface area contributed by atoms with Crippen molar-refractivity contribution < 1.29 is 14.3 Å². The number of carbonyl (C=O) groups excluding carboxylic acids is 1. The number of hydrogen-bond acceptors (Lipinski definition) is 3. The van der Waals surface area contributed by atoms with E-state index in [1.165, 1.54) is 7.11 Å². The lowest BCUT2D eigenvalue weighted by Crippen LogP contribution is -2.39. The van der Waals surface area contributed by atoms with Crippen LogP contribution in [0, 0.1) is 5.41 Å². The van der Waals surface area contributed by atoms with Crippen molar-refractivity contribution in [1.29, 1.82) is 0 Å². The van der Waals surface area contributed by atoms with Gasteiger partial charge < -0.3 is 9.47 Å². The van der Waals surface area contributed by atoms with Gasteiger partial charge in [-0.25, -0.2) is 4.79 Å². The van der Waals surface area contributed by atoms with E-state index in [4.69, 9.17) is 4.74 Å². The second-order valence-electron chi connectivity index (χ2n) is 3.89. The summed E-state index contributed by atoms with van der Waals surface area (Å²) >= 11 is 0. The van der Waals surface area contributed by atoms with Gasteiger partial charge in [-0.3, -0.25) is 0 Å². The molecule has 1 saturated heterocycles. The molecule has 0 atom stereocenters. The molecule has 1 aliphatic rings. The van der Waals surface area contributed by atoms with Gasteiger partial charge >= 0.3 is 5.97 Å². The van der Waals surface area contributed by atoms with Crippen LogP contribution in [0.25, 0.3) is 0 Å². The summed E-state index contributed by atoms with van der Waals surface area (Å²) in [5, 5.41) is 0. The Morgan fingerprint density at radius 1 is 1.62 bits per heavy atom. The van der Waals surface area contributed by atoms with Gasteiger partial charge in [-0.1, -0.05) is 13.0 Å². The van der Waals surface area contributed by atoms with E-state index >= 15 is 0 Å². The zero-order valence-corrected chi connectivity index (χ0v) is 8.42. The average molecular weight is 184 g/mol. The summed E-state index contributed by atoms with van der Waals surface area (Å²) < 4.78 is 9.70. The predicted octanol–water partition coefficient (Wildman–Crippen LogP) is 1.53. The first kappa shape index (κ1) is 10.3. The molecule has 0 aromatic carbocycles. The number of esters is 1. The van der Waals surface area contributed by atoms with Crippen molar-refractivity contribution in [3.05, 3.63) is 11.6 Å². The van der Waals surface area contributed by atoms with Gasteiger partial charge in [0.05, 0.1) is 20.3 Å². The van der Waals surface area contributed by atoms with Crippen LogP contribution < -0.4 is 0 Å². The van der Waals surface area contributed by atoms with Gasteiger partial charge in [0.1, 0.15) is 0 Å². The summed E-state index contributed by atoms with van der Waals surface area (Å²) in [5.41, 5.74) is 0.908. The van der Waals surface area contributed by atoms with Crippen LogP contribution in [0.2, 0.25) is 0 Å². The van der Waals surface area contributed by atoms with Crippen molar-refractivity contribution in [2.45, 2.75) is 20.3 Å². The Balaban J connectivity index is 2.42. The Bertz CT molecular complexity index is 226. The van der Waals surface area contributed by atoms with Gasteiger partial charge in [-0.15, -0.1) is 0 Å². The molecule has 0 amide bonds. The third-order valence-electron chi connectivity index (χ3n) is 2.31. The largest absolute Gasteiger partial charge is 0.466 e. The number of ether oxygens (including phenoxy) is 2. The van der Waals surface area contributed by atoms with E-state index in [-0.39, 0.29) is 11.4 Å². The van der Waals surface area contributed by atoms with Crippen LogP contribution in [0.4, 0.5) is 0 Å². The molecular weight excluding hydrogens is 168 g/mol. The molecule has 0 unspecified atom stereocenters. The first-order valence-corrected chi connectivity index (χ1v) is 4.40. The summed E-state index contributed by atoms with van der Waals surface area (Å²) in [6.07, 6.45) is 2.81. The van der Waals surface area contributed by atoms with E-state index in [9.17, 15) is 4.79 Å². The fraction of sp³-hybridized carbons (Fsp3) is 0.700. The van der Waals surface area contributed by atoms with E-state index in [1.54, 1.807) is 6.92 Å². The predicted molar refractivity (Wildman–Crippen MR) is 49.3 cm³/mol. The average Bonchev–Trinajstić information content (AvgIpc) is 2.09. The van der Waals surface area contributed by atoms with Gasteiger partial charge in [0.25, 0.3) is 0 Å². The molecule has 0 N–H and O–H groups in total. The van der Waals surface area contributed by atoms with Gasteiger partial charge in [0.15, 0.2) is 0 Å². The minimum absolute atomic E-state index is 0.231. The molecule has 1 rings (SSSR count). The molecule has 1 aliphatic heterocycles. The van der Waals surface area contributed by atoms with Gasteiger partial charge in [0, 0.05) is 11.0 Å². The van der Waals surface area contributed by atoms with Crippen LogP contribution in [0.15, 0.2) is 11.6 Å². The smallest absolute Gasteiger partial charge is 0.333 e. The van der Waals surface area contributed by atoms with Crippen LogP contribution in [0.5, 0.6) is 0 Å². The van der Waals surface area contributed by atoms with Gasteiger partial charge in [0.2, 0.25) is 0 Å². The molecule has 74 valence electrons. The zero-order chi connectivity index (χ0) is 9.90. The fourth-order valence-electron chi connectivity index (χ4n) is 1.21. The van der Waals surface area contributed by atoms with Crippen LogP contribution in [0.3, 0.4) is 0 Å². The topological polar surface area (TPSA) is 35.5 Å². The minimum atomic E-state index is -0.246. The lowest BCUT2D eigenvalue weighted by molar-refractivity contribution is -0.136. The van der Waals surface area contributed by atoms with Crippen LogP contribution in [0.1, 0.15) is 20.3 Å². The molecule has 0 aromatic heterocycles. The zero-order valence-electron chi connectivity index (χ0n) is 8.42. The maximum atomic E-state index is 11.0. The first-order valence-electron chi connectivity index (χ1n) is 4.40. The lowest BCUT2D eigenvalue weighted by Gasteiger charge is -2.37. The molecule has 3 nitrogen and oxygen atoms in total. The molecular formula is C10H16O3. The van der Waals surface area contributed by atoms with Crippen molar-refractivity contribution >= 4 is 5.97 Å². The molecule has 0 bridgehead atoms. The molecule has 0 aliphatic carbocycles. The Kier molecular flexibility index (Phi) is 3.09. The summed E-state index contributed by atoms with van der Waals surface area (Å²) in [6.45, 7) is 5.50. The van der Waals surface area contributed by atoms with Gasteiger partial charge in [-0.2, -0.15) is 0 Å². The van der Waals surface area contributed by atoms with Crippen molar-refractivity contribution in [1.82, 2.24) is 0 Å². The van der Waals surface area contributed by atoms with Crippen molar-refractivity contribution in [2.75, 3.05) is 20.3 Å². The molecule has 0 aromatic rings. The van der Waals surface area contributed by atoms with E-state index in [1.807, 2.05) is 6.08 Å². The Morgan fingerprint density at radius 3 is 2.62 bits per heavy atom. The van der Waals surface area contributed by atoms with Crippen LogP contribution >= 0.6 is 0 Å². The number of methoxy groups -OCH3 is 1. The van der Waals surface area contributed by atoms with Crippen molar-refractivity contribution in [3.8, 4) is 0 Å². The van der Waals surface area contributed by atoms with E-state index in [0.29, 0.717) is 5.57 Å². The minimum Gasteiger partial charge on any atom is -0.466 e. The summed E-state index contributed by atoms with van der Waals surface area (Å²) in [4.78, 5) is 11.0. The number of hydrogen-bond donors (Lipinski definition) is 0. The first-order chi connectivity index (χ1) is 6.07. The van der Waals surface area contributed by atoms with E-state index in [2.05, 4.69) is 11.7 Å². The monoisotopic (exact) mass is 184 g/mol. The Labute approximate surface area is 78.7 Å². The number of rotatable bonds is 3. The highest BCUT2D eigenvalue weighted by atomic mass is 16.5. The SMILES string of the molecule is COC(=O)C(C)=CCC1(C)COC1. The molecule has 1 heterocycles. The van der Waals surface area contributed by atoms with E-state index < -0.39 is 0 Å². The summed E-state index contributed by atoms with van der Waals surface area (Å²) in [7, 11) is 1.40. The molecule has 13 heavy (non-hydrogen) atoms. The normalized spacial score (nSPS) is 20.7. The van der Waals surface area contributed by atoms with Crippen LogP contribution in [-0.2, 0) is 14.3 Å². The standard InChI is InChI=1S/C10H16O3/c1-8(9(11)12-3)4-5-10(2)6-13-7-10/h4H,5-7H2,1-3H3. The molecule has 0 saturated carbocycles. The molecule has 3 heteroatoms. The highest BCUT2D eigenvalue weighted by Gasteiger charge is 2.32. The Hall–Kier alpha value is -0.830. The quantitative estimate of drug-likeness (QED) is 0.493. The van der Waals surface area contributed by atoms with Crippen molar-refractivity contribution in [3.63, 3.8) is 0 Å². The number of allylic oxidation sites excluding steroid dienone is 1. The molecule has 0 radical (unpaired) electrons. The second-order valence-corrected chi connectivity index (χ2v) is 3.89. The third kappa shape index (κ3) is 2.56. The van der Waals surface area contributed by atoms with Crippen LogP contribution in [-0.4, -0.2) is 26.3 Å².